The van der Waals surface area contributed by atoms with Gasteiger partial charge in [0, 0.05) is 5.56 Å². The Bertz CT molecular complexity index is 987. The van der Waals surface area contributed by atoms with Crippen LogP contribution in [0.4, 0.5) is 0 Å². The van der Waals surface area contributed by atoms with Crippen molar-refractivity contribution < 1.29 is 14.3 Å². The molecule has 0 spiro atoms. The molecule has 0 aliphatic rings. The van der Waals surface area contributed by atoms with E-state index in [1.807, 2.05) is 0 Å². The number of carbonyl (C=O) groups is 1. The van der Waals surface area contributed by atoms with Gasteiger partial charge in [0.1, 0.15) is 11.5 Å². The topological polar surface area (TPSA) is 74.8 Å². The van der Waals surface area contributed by atoms with E-state index in [0.717, 1.165) is 0 Å². The van der Waals surface area contributed by atoms with Gasteiger partial charge in [0.2, 0.25) is 0 Å². The molecule has 2 N–H and O–H groups in total. The minimum absolute atomic E-state index is 0.346. The summed E-state index contributed by atoms with van der Waals surface area (Å²) in [7, 11) is 0. The Morgan fingerprint density at radius 1 is 1.04 bits per heavy atom. The number of aliphatic hydroxyl groups excluding tert-OH is 1. The van der Waals surface area contributed by atoms with E-state index < -0.39 is 12.0 Å². The Hall–Kier alpha value is -2.31. The van der Waals surface area contributed by atoms with Crippen molar-refractivity contribution in [3.05, 3.63) is 81.0 Å². The summed E-state index contributed by atoms with van der Waals surface area (Å²) in [6.45, 7) is 0. The predicted octanol–water partition coefficient (Wildman–Crippen LogP) is 5.09. The molecule has 0 bridgehead atoms. The lowest BCUT2D eigenvalue weighted by molar-refractivity contribution is -0.129. The first kappa shape index (κ1) is 19.5. The van der Waals surface area contributed by atoms with Crippen molar-refractivity contribution >= 4 is 46.9 Å². The zero-order chi connectivity index (χ0) is 19.4. The molecule has 0 aliphatic heterocycles. The molecule has 1 heterocycles. The minimum Gasteiger partial charge on any atom is -0.455 e. The first-order chi connectivity index (χ1) is 13.0. The van der Waals surface area contributed by atoms with Crippen molar-refractivity contribution in [2.24, 2.45) is 5.10 Å². The predicted molar refractivity (Wildman–Crippen MR) is 106 cm³/mol. The average molecular weight is 424 g/mol. The van der Waals surface area contributed by atoms with Gasteiger partial charge in [0.25, 0.3) is 5.91 Å². The summed E-state index contributed by atoms with van der Waals surface area (Å²) in [5.74, 6) is 0.189. The highest BCUT2D eigenvalue weighted by atomic mass is 35.5. The van der Waals surface area contributed by atoms with Crippen LogP contribution in [-0.4, -0.2) is 17.2 Å². The van der Waals surface area contributed by atoms with E-state index in [4.69, 9.17) is 39.2 Å². The van der Waals surface area contributed by atoms with E-state index in [9.17, 15) is 9.90 Å². The van der Waals surface area contributed by atoms with E-state index in [1.54, 1.807) is 48.5 Å². The quantitative estimate of drug-likeness (QED) is 0.341. The van der Waals surface area contributed by atoms with E-state index >= 15 is 0 Å². The van der Waals surface area contributed by atoms with Gasteiger partial charge in [-0.25, -0.2) is 5.43 Å². The van der Waals surface area contributed by atoms with Gasteiger partial charge < -0.3 is 9.52 Å². The van der Waals surface area contributed by atoms with Gasteiger partial charge in [0.15, 0.2) is 6.10 Å². The van der Waals surface area contributed by atoms with Crippen LogP contribution in [-0.2, 0) is 4.79 Å². The molecule has 0 fully saturated rings. The molecule has 2 aromatic carbocycles. The molecule has 8 heteroatoms. The smallest absolute Gasteiger partial charge is 0.273 e. The van der Waals surface area contributed by atoms with E-state index in [0.29, 0.717) is 37.7 Å². The number of furan rings is 1. The van der Waals surface area contributed by atoms with E-state index in [2.05, 4.69) is 10.5 Å². The third-order valence-electron chi connectivity index (χ3n) is 3.63. The average Bonchev–Trinajstić information content (AvgIpc) is 3.13. The summed E-state index contributed by atoms with van der Waals surface area (Å²) in [5, 5.41) is 14.8. The highest BCUT2D eigenvalue weighted by Crippen LogP contribution is 2.35. The number of hydrogen-bond donors (Lipinski definition) is 2. The van der Waals surface area contributed by atoms with Crippen molar-refractivity contribution in [1.82, 2.24) is 5.43 Å². The van der Waals surface area contributed by atoms with Gasteiger partial charge in [-0.05, 0) is 29.8 Å². The number of aliphatic hydroxyl groups is 1. The highest BCUT2D eigenvalue weighted by molar-refractivity contribution is 6.44. The van der Waals surface area contributed by atoms with Gasteiger partial charge in [-0.1, -0.05) is 65.1 Å². The number of hydrazone groups is 1. The zero-order valence-electron chi connectivity index (χ0n) is 13.7. The van der Waals surface area contributed by atoms with Gasteiger partial charge in [-0.15, -0.1) is 0 Å². The van der Waals surface area contributed by atoms with Crippen molar-refractivity contribution in [3.8, 4) is 11.3 Å². The molecule has 0 saturated carbocycles. The molecule has 1 unspecified atom stereocenters. The number of nitrogens with zero attached hydrogens (tertiary/aromatic N) is 1. The summed E-state index contributed by atoms with van der Waals surface area (Å²) in [5.41, 5.74) is 3.31. The van der Waals surface area contributed by atoms with Gasteiger partial charge in [0.05, 0.1) is 21.3 Å². The van der Waals surface area contributed by atoms with Crippen LogP contribution >= 0.6 is 34.8 Å². The van der Waals surface area contributed by atoms with Crippen molar-refractivity contribution in [2.75, 3.05) is 0 Å². The molecule has 27 heavy (non-hydrogen) atoms. The van der Waals surface area contributed by atoms with Crippen LogP contribution in [0.2, 0.25) is 15.1 Å². The molecular weight excluding hydrogens is 411 g/mol. The maximum Gasteiger partial charge on any atom is 0.273 e. The lowest BCUT2D eigenvalue weighted by Crippen LogP contribution is -2.25. The molecule has 3 aromatic rings. The fourth-order valence-electron chi connectivity index (χ4n) is 2.29. The molecule has 0 radical (unpaired) electrons. The maximum atomic E-state index is 11.9. The van der Waals surface area contributed by atoms with Gasteiger partial charge >= 0.3 is 0 Å². The van der Waals surface area contributed by atoms with Crippen LogP contribution in [0.1, 0.15) is 17.4 Å². The van der Waals surface area contributed by atoms with Crippen LogP contribution < -0.4 is 5.43 Å². The fraction of sp³-hybridized carbons (Fsp3) is 0.0526. The minimum atomic E-state index is -1.31. The lowest BCUT2D eigenvalue weighted by Gasteiger charge is -2.08. The third-order valence-corrected chi connectivity index (χ3v) is 4.67. The monoisotopic (exact) mass is 422 g/mol. The second-order valence-corrected chi connectivity index (χ2v) is 6.72. The number of hydrogen-bond acceptors (Lipinski definition) is 4. The Balaban J connectivity index is 1.67. The van der Waals surface area contributed by atoms with Crippen LogP contribution in [0.25, 0.3) is 11.3 Å². The Kier molecular flexibility index (Phi) is 6.19. The summed E-state index contributed by atoms with van der Waals surface area (Å²) in [6, 6.07) is 15.0. The summed E-state index contributed by atoms with van der Waals surface area (Å²) >= 11 is 18.1. The van der Waals surface area contributed by atoms with Crippen LogP contribution in [0.5, 0.6) is 0 Å². The number of benzene rings is 2. The van der Waals surface area contributed by atoms with E-state index in [-0.39, 0.29) is 0 Å². The number of rotatable bonds is 5. The summed E-state index contributed by atoms with van der Waals surface area (Å²) < 4.78 is 5.62. The second-order valence-electron chi connectivity index (χ2n) is 5.50. The number of carbonyl (C=O) groups excluding carboxylic acids is 1. The Morgan fingerprint density at radius 2 is 1.74 bits per heavy atom. The normalized spacial score (nSPS) is 12.3. The fourth-order valence-corrected chi connectivity index (χ4v) is 2.93. The molecular formula is C19H13Cl3N2O3. The maximum absolute atomic E-state index is 11.9. The summed E-state index contributed by atoms with van der Waals surface area (Å²) in [4.78, 5) is 11.9. The van der Waals surface area contributed by atoms with Crippen molar-refractivity contribution in [1.29, 1.82) is 0 Å². The first-order valence-corrected chi connectivity index (χ1v) is 8.90. The van der Waals surface area contributed by atoms with Crippen LogP contribution in [0.3, 0.4) is 0 Å². The number of amides is 1. The molecule has 0 saturated heterocycles. The zero-order valence-corrected chi connectivity index (χ0v) is 16.0. The molecule has 3 rings (SSSR count). The van der Waals surface area contributed by atoms with Crippen LogP contribution in [0.15, 0.2) is 64.1 Å². The molecule has 1 atom stereocenters. The molecule has 138 valence electrons. The number of nitrogens with one attached hydrogen (secondary N) is 1. The van der Waals surface area contributed by atoms with Crippen LogP contribution in [0, 0.1) is 0 Å². The van der Waals surface area contributed by atoms with Gasteiger partial charge in [-0.3, -0.25) is 4.79 Å². The highest BCUT2D eigenvalue weighted by Gasteiger charge is 2.16. The number of halogens is 3. The van der Waals surface area contributed by atoms with Gasteiger partial charge in [-0.2, -0.15) is 5.10 Å². The largest absolute Gasteiger partial charge is 0.455 e. The molecule has 1 amide bonds. The SMILES string of the molecule is O=C(NN=Cc1ccc(-c2cc(Cl)c(Cl)cc2Cl)o1)C(O)c1ccccc1. The van der Waals surface area contributed by atoms with Crippen molar-refractivity contribution in [2.45, 2.75) is 6.10 Å². The summed E-state index contributed by atoms with van der Waals surface area (Å²) in [6.07, 6.45) is -0.00426. The first-order valence-electron chi connectivity index (χ1n) is 7.76. The lowest BCUT2D eigenvalue weighted by atomic mass is 10.1. The molecule has 1 aromatic heterocycles. The molecule has 0 aliphatic carbocycles. The standard InChI is InChI=1S/C19H13Cl3N2O3/c20-14-9-16(22)15(21)8-13(14)17-7-6-12(27-17)10-23-24-19(26)18(25)11-4-2-1-3-5-11/h1-10,18,25H,(H,24,26). The Labute approximate surface area is 170 Å². The Morgan fingerprint density at radius 3 is 2.48 bits per heavy atom. The van der Waals surface area contributed by atoms with Crippen molar-refractivity contribution in [3.63, 3.8) is 0 Å². The second kappa shape index (κ2) is 8.59. The third kappa shape index (κ3) is 4.70. The van der Waals surface area contributed by atoms with E-state index in [1.165, 1.54) is 12.3 Å². The molecule has 5 nitrogen and oxygen atoms in total.